The number of hydrogen-bond donors (Lipinski definition) is 0. The second kappa shape index (κ2) is 8.24. The van der Waals surface area contributed by atoms with Gasteiger partial charge in [0, 0.05) is 25.7 Å². The first kappa shape index (κ1) is 20.8. The summed E-state index contributed by atoms with van der Waals surface area (Å²) in [4.78, 5) is 32.3. The van der Waals surface area contributed by atoms with Gasteiger partial charge in [0.05, 0.1) is 12.2 Å². The van der Waals surface area contributed by atoms with Crippen molar-refractivity contribution < 1.29 is 27.5 Å². The molecule has 0 N–H and O–H groups in total. The molecule has 10 heteroatoms. The smallest absolute Gasteiger partial charge is 0.406 e. The van der Waals surface area contributed by atoms with Crippen LogP contribution < -0.4 is 4.74 Å². The van der Waals surface area contributed by atoms with Gasteiger partial charge in [-0.15, -0.1) is 24.5 Å². The van der Waals surface area contributed by atoms with E-state index in [1.54, 1.807) is 16.8 Å². The Morgan fingerprint density at radius 2 is 2.03 bits per heavy atom. The number of aromatic nitrogens is 1. The van der Waals surface area contributed by atoms with Crippen molar-refractivity contribution >= 4 is 23.2 Å². The second-order valence-electron chi connectivity index (χ2n) is 6.45. The maximum atomic E-state index is 12.8. The standard InChI is InChI=1S/C19H18F3N3O3S/c1-3-16(26)25-9-8-13(11-25)24(2)18(27)15-10-23-17(29-15)12-4-6-14(7-5-12)28-19(20,21)22/h3-7,10,13H,1,8-9,11H2,2H3/t13-/m1/s1. The van der Waals surface area contributed by atoms with Gasteiger partial charge in [-0.25, -0.2) is 4.98 Å². The average Bonchev–Trinajstić information content (AvgIpc) is 3.35. The Balaban J connectivity index is 1.67. The normalized spacial score (nSPS) is 16.6. The minimum absolute atomic E-state index is 0.101. The first-order chi connectivity index (χ1) is 13.7. The van der Waals surface area contributed by atoms with Crippen molar-refractivity contribution in [1.82, 2.24) is 14.8 Å². The van der Waals surface area contributed by atoms with Gasteiger partial charge in [-0.05, 0) is 36.8 Å². The van der Waals surface area contributed by atoms with Crippen molar-refractivity contribution in [3.63, 3.8) is 0 Å². The van der Waals surface area contributed by atoms with Crippen LogP contribution in [0.5, 0.6) is 5.75 Å². The minimum Gasteiger partial charge on any atom is -0.406 e. The zero-order valence-corrected chi connectivity index (χ0v) is 16.3. The van der Waals surface area contributed by atoms with Crippen LogP contribution in [-0.2, 0) is 4.79 Å². The highest BCUT2D eigenvalue weighted by molar-refractivity contribution is 7.16. The van der Waals surface area contributed by atoms with Crippen LogP contribution in [0.4, 0.5) is 13.2 Å². The minimum atomic E-state index is -4.75. The zero-order valence-electron chi connectivity index (χ0n) is 15.5. The molecule has 154 valence electrons. The summed E-state index contributed by atoms with van der Waals surface area (Å²) in [5, 5.41) is 0.509. The molecule has 2 aromatic rings. The molecule has 1 fully saturated rings. The molecule has 6 nitrogen and oxygen atoms in total. The molecule has 1 atom stereocenters. The number of thiazole rings is 1. The van der Waals surface area contributed by atoms with Gasteiger partial charge in [0.25, 0.3) is 5.91 Å². The molecule has 2 amide bonds. The number of carbonyl (C=O) groups excluding carboxylic acids is 2. The third-order valence-electron chi connectivity index (χ3n) is 4.57. The van der Waals surface area contributed by atoms with Crippen LogP contribution in [0.1, 0.15) is 16.1 Å². The lowest BCUT2D eigenvalue weighted by Crippen LogP contribution is -2.39. The number of benzene rings is 1. The monoisotopic (exact) mass is 425 g/mol. The summed E-state index contributed by atoms with van der Waals surface area (Å²) >= 11 is 1.15. The fourth-order valence-electron chi connectivity index (χ4n) is 3.03. The van der Waals surface area contributed by atoms with Crippen LogP contribution >= 0.6 is 11.3 Å². The number of halogens is 3. The van der Waals surface area contributed by atoms with Crippen LogP contribution in [0.25, 0.3) is 10.6 Å². The van der Waals surface area contributed by atoms with E-state index in [-0.39, 0.29) is 23.6 Å². The summed E-state index contributed by atoms with van der Waals surface area (Å²) in [7, 11) is 1.68. The Hall–Kier alpha value is -2.88. The predicted octanol–water partition coefficient (Wildman–Crippen LogP) is 3.57. The lowest BCUT2D eigenvalue weighted by molar-refractivity contribution is -0.274. The SMILES string of the molecule is C=CC(=O)N1CC[C@@H](N(C)C(=O)c2cnc(-c3ccc(OC(F)(F)F)cc3)s2)C1. The summed E-state index contributed by atoms with van der Waals surface area (Å²) in [6.07, 6.45) is -1.38. The van der Waals surface area contributed by atoms with E-state index in [1.807, 2.05) is 0 Å². The van der Waals surface area contributed by atoms with Gasteiger partial charge in [0.15, 0.2) is 0 Å². The Bertz CT molecular complexity index is 911. The maximum Gasteiger partial charge on any atom is 0.573 e. The summed E-state index contributed by atoms with van der Waals surface area (Å²) in [6.45, 7) is 4.48. The number of hydrogen-bond acceptors (Lipinski definition) is 5. The molecule has 0 aliphatic carbocycles. The number of likely N-dealkylation sites (tertiary alicyclic amines) is 1. The van der Waals surface area contributed by atoms with E-state index in [1.165, 1.54) is 36.5 Å². The van der Waals surface area contributed by atoms with E-state index in [9.17, 15) is 22.8 Å². The number of alkyl halides is 3. The second-order valence-corrected chi connectivity index (χ2v) is 7.48. The Kier molecular flexibility index (Phi) is 5.92. The van der Waals surface area contributed by atoms with Crippen LogP contribution in [-0.4, -0.2) is 59.1 Å². The lowest BCUT2D eigenvalue weighted by atomic mass is 10.2. The van der Waals surface area contributed by atoms with Gasteiger partial charge in [-0.2, -0.15) is 0 Å². The van der Waals surface area contributed by atoms with E-state index in [0.717, 1.165) is 11.3 Å². The summed E-state index contributed by atoms with van der Waals surface area (Å²) in [6, 6.07) is 5.19. The molecule has 1 saturated heterocycles. The first-order valence-electron chi connectivity index (χ1n) is 8.68. The fourth-order valence-corrected chi connectivity index (χ4v) is 3.94. The van der Waals surface area contributed by atoms with Gasteiger partial charge in [-0.3, -0.25) is 9.59 Å². The fraction of sp³-hybridized carbons (Fsp3) is 0.316. The van der Waals surface area contributed by atoms with Crippen LogP contribution in [0.2, 0.25) is 0 Å². The van der Waals surface area contributed by atoms with E-state index in [2.05, 4.69) is 16.3 Å². The van der Waals surface area contributed by atoms with E-state index in [0.29, 0.717) is 35.0 Å². The average molecular weight is 425 g/mol. The van der Waals surface area contributed by atoms with Crippen LogP contribution in [0.3, 0.4) is 0 Å². The van der Waals surface area contributed by atoms with Crippen molar-refractivity contribution in [3.8, 4) is 16.3 Å². The summed E-state index contributed by atoms with van der Waals surface area (Å²) in [5.74, 6) is -0.705. The molecule has 0 radical (unpaired) electrons. The molecular formula is C19H18F3N3O3S. The zero-order chi connectivity index (χ0) is 21.2. The van der Waals surface area contributed by atoms with Crippen molar-refractivity contribution in [1.29, 1.82) is 0 Å². The molecule has 0 spiro atoms. The quantitative estimate of drug-likeness (QED) is 0.688. The largest absolute Gasteiger partial charge is 0.573 e. The molecule has 1 aliphatic rings. The van der Waals surface area contributed by atoms with Crippen LogP contribution in [0.15, 0.2) is 43.1 Å². The van der Waals surface area contributed by atoms with E-state index < -0.39 is 6.36 Å². The van der Waals surface area contributed by atoms with Crippen molar-refractivity contribution in [2.75, 3.05) is 20.1 Å². The molecule has 1 aromatic carbocycles. The van der Waals surface area contributed by atoms with Gasteiger partial charge in [-0.1, -0.05) is 6.58 Å². The molecule has 0 saturated carbocycles. The van der Waals surface area contributed by atoms with E-state index in [4.69, 9.17) is 0 Å². The third kappa shape index (κ3) is 4.94. The molecule has 0 unspecified atom stereocenters. The summed E-state index contributed by atoms with van der Waals surface area (Å²) in [5.41, 5.74) is 0.579. The van der Waals surface area contributed by atoms with Crippen LogP contribution in [0, 0.1) is 0 Å². The Morgan fingerprint density at radius 3 is 2.66 bits per heavy atom. The highest BCUT2D eigenvalue weighted by atomic mass is 32.1. The lowest BCUT2D eigenvalue weighted by Gasteiger charge is -2.24. The van der Waals surface area contributed by atoms with Gasteiger partial charge in [0.2, 0.25) is 5.91 Å². The maximum absolute atomic E-state index is 12.8. The molecule has 1 aliphatic heterocycles. The highest BCUT2D eigenvalue weighted by Gasteiger charge is 2.32. The predicted molar refractivity (Wildman–Crippen MR) is 102 cm³/mol. The van der Waals surface area contributed by atoms with Crippen molar-refractivity contribution in [2.45, 2.75) is 18.8 Å². The molecular weight excluding hydrogens is 407 g/mol. The number of likely N-dealkylation sites (N-methyl/N-ethyl adjacent to an activating group) is 1. The number of nitrogens with zero attached hydrogens (tertiary/aromatic N) is 3. The Labute approximate surface area is 169 Å². The highest BCUT2D eigenvalue weighted by Crippen LogP contribution is 2.30. The molecule has 29 heavy (non-hydrogen) atoms. The molecule has 2 heterocycles. The number of carbonyl (C=O) groups is 2. The number of ether oxygens (including phenoxy) is 1. The number of amides is 2. The molecule has 3 rings (SSSR count). The van der Waals surface area contributed by atoms with Gasteiger partial charge >= 0.3 is 6.36 Å². The topological polar surface area (TPSA) is 62.7 Å². The molecule has 1 aromatic heterocycles. The van der Waals surface area contributed by atoms with E-state index >= 15 is 0 Å². The Morgan fingerprint density at radius 1 is 1.34 bits per heavy atom. The van der Waals surface area contributed by atoms with Gasteiger partial charge < -0.3 is 14.5 Å². The van der Waals surface area contributed by atoms with Crippen molar-refractivity contribution in [2.24, 2.45) is 0 Å². The third-order valence-corrected chi connectivity index (χ3v) is 5.60. The number of rotatable bonds is 5. The van der Waals surface area contributed by atoms with Gasteiger partial charge in [0.1, 0.15) is 15.6 Å². The first-order valence-corrected chi connectivity index (χ1v) is 9.50. The summed E-state index contributed by atoms with van der Waals surface area (Å²) < 4.78 is 40.6. The molecule has 0 bridgehead atoms. The van der Waals surface area contributed by atoms with Crippen molar-refractivity contribution in [3.05, 3.63) is 48.0 Å².